The zero-order valence-corrected chi connectivity index (χ0v) is 13.5. The molecular weight excluding hydrogens is 312 g/mol. The SMILES string of the molecule is O=C(c1ccn[nH]1)N1CC2(CC(OCc3cccnc3)CS2)C1. The molecule has 4 rings (SSSR count). The number of aromatic amines is 1. The van der Waals surface area contributed by atoms with E-state index in [-0.39, 0.29) is 16.8 Å². The van der Waals surface area contributed by atoms with Crippen molar-refractivity contribution in [2.75, 3.05) is 18.8 Å². The number of likely N-dealkylation sites (tertiary alicyclic amines) is 1. The van der Waals surface area contributed by atoms with Gasteiger partial charge in [-0.05, 0) is 24.1 Å². The first-order valence-corrected chi connectivity index (χ1v) is 8.66. The number of rotatable bonds is 4. The van der Waals surface area contributed by atoms with Crippen LogP contribution in [0, 0.1) is 0 Å². The molecule has 1 N–H and O–H groups in total. The molecule has 0 radical (unpaired) electrons. The van der Waals surface area contributed by atoms with Gasteiger partial charge in [0, 0.05) is 37.4 Å². The molecule has 0 aromatic carbocycles. The first-order chi connectivity index (χ1) is 11.2. The second-order valence-electron chi connectivity index (χ2n) is 6.12. The van der Waals surface area contributed by atoms with Gasteiger partial charge in [-0.1, -0.05) is 6.07 Å². The Bertz CT molecular complexity index is 671. The van der Waals surface area contributed by atoms with Crippen molar-refractivity contribution in [1.82, 2.24) is 20.1 Å². The zero-order valence-electron chi connectivity index (χ0n) is 12.6. The number of thioether (sulfide) groups is 1. The molecule has 2 aromatic rings. The fraction of sp³-hybridized carbons (Fsp3) is 0.438. The number of aromatic nitrogens is 3. The van der Waals surface area contributed by atoms with Crippen LogP contribution in [0.3, 0.4) is 0 Å². The summed E-state index contributed by atoms with van der Waals surface area (Å²) in [4.78, 5) is 18.2. The van der Waals surface area contributed by atoms with Crippen LogP contribution in [0.25, 0.3) is 0 Å². The smallest absolute Gasteiger partial charge is 0.271 e. The molecule has 6 nitrogen and oxygen atoms in total. The molecule has 4 heterocycles. The maximum atomic E-state index is 12.2. The maximum absolute atomic E-state index is 12.2. The fourth-order valence-electron chi connectivity index (χ4n) is 3.17. The summed E-state index contributed by atoms with van der Waals surface area (Å²) in [5, 5.41) is 6.57. The average Bonchev–Trinajstić information content (AvgIpc) is 3.22. The van der Waals surface area contributed by atoms with Gasteiger partial charge in [-0.2, -0.15) is 5.10 Å². The first-order valence-electron chi connectivity index (χ1n) is 7.67. The van der Waals surface area contributed by atoms with Crippen molar-refractivity contribution < 1.29 is 9.53 Å². The Balaban J connectivity index is 1.27. The summed E-state index contributed by atoms with van der Waals surface area (Å²) in [5.74, 6) is 1.03. The van der Waals surface area contributed by atoms with E-state index in [1.54, 1.807) is 18.5 Å². The largest absolute Gasteiger partial charge is 0.373 e. The minimum atomic E-state index is 0.0356. The molecule has 7 heteroatoms. The van der Waals surface area contributed by atoms with Crippen LogP contribution >= 0.6 is 11.8 Å². The predicted octanol–water partition coefficient (Wildman–Crippen LogP) is 1.72. The highest BCUT2D eigenvalue weighted by Crippen LogP contribution is 2.46. The second-order valence-corrected chi connectivity index (χ2v) is 7.61. The molecule has 2 fully saturated rings. The average molecular weight is 330 g/mol. The summed E-state index contributed by atoms with van der Waals surface area (Å²) in [6, 6.07) is 5.67. The molecular formula is C16H18N4O2S. The van der Waals surface area contributed by atoms with Crippen molar-refractivity contribution in [2.24, 2.45) is 0 Å². The molecule has 2 saturated heterocycles. The van der Waals surface area contributed by atoms with Crippen LogP contribution in [-0.4, -0.2) is 55.7 Å². The quantitative estimate of drug-likeness (QED) is 0.924. The zero-order chi connectivity index (χ0) is 15.7. The van der Waals surface area contributed by atoms with Gasteiger partial charge in [0.05, 0.1) is 17.5 Å². The number of hydrogen-bond acceptors (Lipinski definition) is 5. The number of carbonyl (C=O) groups is 1. The summed E-state index contributed by atoms with van der Waals surface area (Å²) in [6.07, 6.45) is 6.47. The lowest BCUT2D eigenvalue weighted by molar-refractivity contribution is 0.0252. The molecule has 1 unspecified atom stereocenters. The van der Waals surface area contributed by atoms with Crippen LogP contribution in [0.1, 0.15) is 22.5 Å². The number of nitrogens with one attached hydrogen (secondary N) is 1. The Labute approximate surface area is 138 Å². The third-order valence-corrected chi connectivity index (χ3v) is 5.94. The van der Waals surface area contributed by atoms with Crippen LogP contribution in [0.2, 0.25) is 0 Å². The van der Waals surface area contributed by atoms with Crippen LogP contribution in [-0.2, 0) is 11.3 Å². The second kappa shape index (κ2) is 5.98. The van der Waals surface area contributed by atoms with E-state index in [1.165, 1.54) is 0 Å². The lowest BCUT2D eigenvalue weighted by Crippen LogP contribution is -2.60. The van der Waals surface area contributed by atoms with E-state index in [0.29, 0.717) is 12.3 Å². The summed E-state index contributed by atoms with van der Waals surface area (Å²) >= 11 is 1.93. The molecule has 0 saturated carbocycles. The summed E-state index contributed by atoms with van der Waals surface area (Å²) in [5.41, 5.74) is 1.66. The van der Waals surface area contributed by atoms with Gasteiger partial charge in [0.2, 0.25) is 0 Å². The van der Waals surface area contributed by atoms with E-state index >= 15 is 0 Å². The van der Waals surface area contributed by atoms with Crippen molar-refractivity contribution in [3.63, 3.8) is 0 Å². The first kappa shape index (κ1) is 14.7. The predicted molar refractivity (Wildman–Crippen MR) is 87.1 cm³/mol. The number of carbonyl (C=O) groups excluding carboxylic acids is 1. The Kier molecular flexibility index (Phi) is 3.82. The summed E-state index contributed by atoms with van der Waals surface area (Å²) in [7, 11) is 0. The summed E-state index contributed by atoms with van der Waals surface area (Å²) < 4.78 is 6.18. The van der Waals surface area contributed by atoms with Crippen LogP contribution < -0.4 is 0 Å². The molecule has 1 amide bonds. The van der Waals surface area contributed by atoms with Crippen molar-refractivity contribution in [3.05, 3.63) is 48.0 Å². The van der Waals surface area contributed by atoms with Crippen LogP contribution in [0.15, 0.2) is 36.8 Å². The number of ether oxygens (including phenoxy) is 1. The molecule has 2 aliphatic heterocycles. The highest BCUT2D eigenvalue weighted by atomic mass is 32.2. The molecule has 120 valence electrons. The van der Waals surface area contributed by atoms with E-state index in [1.807, 2.05) is 35.0 Å². The van der Waals surface area contributed by atoms with E-state index < -0.39 is 0 Å². The lowest BCUT2D eigenvalue weighted by atomic mass is 9.92. The van der Waals surface area contributed by atoms with Gasteiger partial charge in [-0.15, -0.1) is 11.8 Å². The van der Waals surface area contributed by atoms with E-state index in [0.717, 1.165) is 30.8 Å². The van der Waals surface area contributed by atoms with Crippen molar-refractivity contribution >= 4 is 17.7 Å². The molecule has 1 spiro atoms. The Morgan fingerprint density at radius 1 is 1.43 bits per heavy atom. The van der Waals surface area contributed by atoms with Gasteiger partial charge in [-0.25, -0.2) is 0 Å². The third kappa shape index (κ3) is 2.98. The van der Waals surface area contributed by atoms with Gasteiger partial charge in [-0.3, -0.25) is 14.9 Å². The minimum absolute atomic E-state index is 0.0356. The van der Waals surface area contributed by atoms with Crippen LogP contribution in [0.5, 0.6) is 0 Å². The van der Waals surface area contributed by atoms with Gasteiger partial charge in [0.15, 0.2) is 0 Å². The standard InChI is InChI=1S/C16H18N4O2S/c21-15(14-3-5-18-19-14)20-10-16(11-20)6-13(9-23-16)22-8-12-2-1-4-17-7-12/h1-5,7,13H,6,8-11H2,(H,18,19). The molecule has 0 bridgehead atoms. The van der Waals surface area contributed by atoms with Gasteiger partial charge >= 0.3 is 0 Å². The van der Waals surface area contributed by atoms with Crippen molar-refractivity contribution in [3.8, 4) is 0 Å². The topological polar surface area (TPSA) is 71.1 Å². The van der Waals surface area contributed by atoms with E-state index in [2.05, 4.69) is 15.2 Å². The Morgan fingerprint density at radius 2 is 2.35 bits per heavy atom. The maximum Gasteiger partial charge on any atom is 0.271 e. The number of amides is 1. The number of hydrogen-bond donors (Lipinski definition) is 1. The fourth-order valence-corrected chi connectivity index (χ4v) is 4.72. The molecule has 2 aliphatic rings. The highest BCUT2D eigenvalue weighted by Gasteiger charge is 2.51. The van der Waals surface area contributed by atoms with E-state index in [9.17, 15) is 4.79 Å². The lowest BCUT2D eigenvalue weighted by Gasteiger charge is -2.47. The molecule has 1 atom stereocenters. The number of nitrogens with zero attached hydrogens (tertiary/aromatic N) is 3. The van der Waals surface area contributed by atoms with Crippen molar-refractivity contribution in [2.45, 2.75) is 23.9 Å². The van der Waals surface area contributed by atoms with Gasteiger partial charge in [0.1, 0.15) is 5.69 Å². The minimum Gasteiger partial charge on any atom is -0.373 e. The molecule has 0 aliphatic carbocycles. The van der Waals surface area contributed by atoms with E-state index in [4.69, 9.17) is 4.74 Å². The van der Waals surface area contributed by atoms with Crippen LogP contribution in [0.4, 0.5) is 0 Å². The van der Waals surface area contributed by atoms with Crippen molar-refractivity contribution in [1.29, 1.82) is 0 Å². The molecule has 2 aromatic heterocycles. The van der Waals surface area contributed by atoms with Gasteiger partial charge in [0.25, 0.3) is 5.91 Å². The monoisotopic (exact) mass is 330 g/mol. The third-order valence-electron chi connectivity index (χ3n) is 4.36. The Hall–Kier alpha value is -1.86. The number of pyridine rings is 1. The number of H-pyrrole nitrogens is 1. The highest BCUT2D eigenvalue weighted by molar-refractivity contribution is 8.01. The van der Waals surface area contributed by atoms with Gasteiger partial charge < -0.3 is 9.64 Å². The normalized spacial score (nSPS) is 22.3. The Morgan fingerprint density at radius 3 is 3.09 bits per heavy atom. The summed E-state index contributed by atoms with van der Waals surface area (Å²) in [6.45, 7) is 2.19. The molecule has 23 heavy (non-hydrogen) atoms.